The van der Waals surface area contributed by atoms with Crippen LogP contribution in [0.15, 0.2) is 89.6 Å². The van der Waals surface area contributed by atoms with Gasteiger partial charge in [0.05, 0.1) is 16.7 Å². The Morgan fingerprint density at radius 2 is 1.32 bits per heavy atom. The van der Waals surface area contributed by atoms with Gasteiger partial charge in [-0.2, -0.15) is 13.2 Å². The summed E-state index contributed by atoms with van der Waals surface area (Å²) in [6, 6.07) is 24.5. The summed E-state index contributed by atoms with van der Waals surface area (Å²) in [5, 5.41) is 5.86. The molecule has 0 unspecified atom stereocenters. The first-order chi connectivity index (χ1) is 15.0. The van der Waals surface area contributed by atoms with Gasteiger partial charge >= 0.3 is 6.18 Å². The topological polar surface area (TPSA) is 28.1 Å². The van der Waals surface area contributed by atoms with Gasteiger partial charge in [0.15, 0.2) is 0 Å². The first kappa shape index (κ1) is 18.0. The summed E-state index contributed by atoms with van der Waals surface area (Å²) in [6.45, 7) is 0. The second-order valence-electron chi connectivity index (χ2n) is 7.74. The van der Waals surface area contributed by atoms with Crippen molar-refractivity contribution in [3.8, 4) is 0 Å². The number of nitrogens with one attached hydrogen (secondary N) is 1. The van der Waals surface area contributed by atoms with Gasteiger partial charge in [-0.3, -0.25) is 0 Å². The molecule has 1 N–H and O–H groups in total. The molecule has 0 aliphatic carbocycles. The molecule has 0 radical (unpaired) electrons. The van der Waals surface area contributed by atoms with E-state index in [1.165, 1.54) is 6.08 Å². The van der Waals surface area contributed by atoms with Crippen molar-refractivity contribution in [1.29, 1.82) is 0 Å². The van der Waals surface area contributed by atoms with Crippen molar-refractivity contribution in [3.63, 3.8) is 0 Å². The first-order valence-electron chi connectivity index (χ1n) is 9.88. The van der Waals surface area contributed by atoms with E-state index in [2.05, 4.69) is 9.98 Å². The number of halogens is 3. The molecule has 1 aliphatic heterocycles. The molecule has 2 nitrogen and oxygen atoms in total. The first-order valence-corrected chi connectivity index (χ1v) is 9.88. The monoisotopic (exact) mass is 412 g/mol. The highest BCUT2D eigenvalue weighted by molar-refractivity contribution is 5.99. The number of aromatic amines is 1. The molecule has 6 rings (SSSR count). The third-order valence-corrected chi connectivity index (χ3v) is 5.72. The second-order valence-corrected chi connectivity index (χ2v) is 7.74. The second kappa shape index (κ2) is 6.32. The highest BCUT2D eigenvalue weighted by Gasteiger charge is 2.38. The summed E-state index contributed by atoms with van der Waals surface area (Å²) in [5.41, 5.74) is -0.149. The molecule has 31 heavy (non-hydrogen) atoms. The number of hydrogen-bond donors (Lipinski definition) is 1. The molecule has 150 valence electrons. The van der Waals surface area contributed by atoms with Crippen LogP contribution in [0.4, 0.5) is 13.2 Å². The third-order valence-electron chi connectivity index (χ3n) is 5.72. The van der Waals surface area contributed by atoms with Gasteiger partial charge in [-0.25, -0.2) is 4.99 Å². The minimum atomic E-state index is -4.56. The van der Waals surface area contributed by atoms with E-state index < -0.39 is 11.7 Å². The van der Waals surface area contributed by atoms with Crippen LogP contribution in [-0.4, -0.2) is 11.2 Å². The fourth-order valence-electron chi connectivity index (χ4n) is 4.29. The van der Waals surface area contributed by atoms with Crippen LogP contribution in [0.3, 0.4) is 0 Å². The van der Waals surface area contributed by atoms with Crippen LogP contribution in [0.2, 0.25) is 0 Å². The molecule has 0 saturated carbocycles. The van der Waals surface area contributed by atoms with Crippen LogP contribution >= 0.6 is 0 Å². The minimum Gasteiger partial charge on any atom is -0.354 e. The Hall–Kier alpha value is -3.86. The van der Waals surface area contributed by atoms with E-state index in [4.69, 9.17) is 0 Å². The van der Waals surface area contributed by atoms with Crippen molar-refractivity contribution in [1.82, 2.24) is 4.98 Å². The van der Waals surface area contributed by atoms with E-state index in [0.717, 1.165) is 26.9 Å². The summed E-state index contributed by atoms with van der Waals surface area (Å²) in [4.78, 5) is 7.33. The molecule has 5 aromatic rings. The van der Waals surface area contributed by atoms with Crippen molar-refractivity contribution in [3.05, 3.63) is 101 Å². The van der Waals surface area contributed by atoms with E-state index in [0.29, 0.717) is 16.1 Å². The van der Waals surface area contributed by atoms with Gasteiger partial charge in [0.1, 0.15) is 5.57 Å². The molecule has 4 aromatic carbocycles. The molecule has 5 heteroatoms. The Morgan fingerprint density at radius 1 is 0.710 bits per heavy atom. The van der Waals surface area contributed by atoms with E-state index in [1.807, 2.05) is 72.8 Å². The number of hydrogen-bond acceptors (Lipinski definition) is 1. The standard InChI is InChI=1S/C26H15F3N2/c27-26(28,29)25(23-13-19-9-15-5-1-3-7-17(15)11-21(19)30-23)24-14-20-10-16-6-2-4-8-18(16)12-22(20)31-24/h1-14,30H/b25-24+. The van der Waals surface area contributed by atoms with Crippen LogP contribution in [0.5, 0.6) is 0 Å². The Balaban J connectivity index is 1.61. The quantitative estimate of drug-likeness (QED) is 0.357. The fourth-order valence-corrected chi connectivity index (χ4v) is 4.29. The van der Waals surface area contributed by atoms with E-state index in [1.54, 1.807) is 6.07 Å². The maximum atomic E-state index is 14.2. The Bertz CT molecular complexity index is 1560. The smallest absolute Gasteiger partial charge is 0.354 e. The average Bonchev–Trinajstić information content (AvgIpc) is 3.31. The van der Waals surface area contributed by atoms with Crippen LogP contribution < -0.4 is 10.6 Å². The SMILES string of the molecule is FC(F)(F)/C(=C1\C=c2cc3ccccc3cc2=N1)c1cc2cc3ccccc3cc2[nH]1. The van der Waals surface area contributed by atoms with Gasteiger partial charge < -0.3 is 4.98 Å². The highest BCUT2D eigenvalue weighted by Crippen LogP contribution is 2.39. The van der Waals surface area contributed by atoms with Crippen LogP contribution in [-0.2, 0) is 0 Å². The van der Waals surface area contributed by atoms with Crippen LogP contribution in [0, 0.1) is 0 Å². The van der Waals surface area contributed by atoms with E-state index in [9.17, 15) is 13.2 Å². The fraction of sp³-hybridized carbons (Fsp3) is 0.0385. The zero-order valence-corrected chi connectivity index (χ0v) is 16.2. The Labute approximate surface area is 174 Å². The lowest BCUT2D eigenvalue weighted by Gasteiger charge is -2.11. The molecular weight excluding hydrogens is 397 g/mol. The predicted octanol–water partition coefficient (Wildman–Crippen LogP) is 5.86. The van der Waals surface area contributed by atoms with Crippen LogP contribution in [0.1, 0.15) is 5.69 Å². The molecule has 0 fully saturated rings. The predicted molar refractivity (Wildman–Crippen MR) is 118 cm³/mol. The van der Waals surface area contributed by atoms with Crippen molar-refractivity contribution < 1.29 is 13.2 Å². The number of benzene rings is 4. The van der Waals surface area contributed by atoms with Crippen molar-refractivity contribution in [2.75, 3.05) is 0 Å². The minimum absolute atomic E-state index is 0.0187. The van der Waals surface area contributed by atoms with E-state index in [-0.39, 0.29) is 11.4 Å². The molecule has 1 aliphatic rings. The molecule has 2 heterocycles. The number of H-pyrrole nitrogens is 1. The Kier molecular flexibility index (Phi) is 3.66. The molecule has 0 bridgehead atoms. The van der Waals surface area contributed by atoms with Gasteiger partial charge in [-0.15, -0.1) is 0 Å². The number of fused-ring (bicyclic) bond motifs is 4. The number of alkyl halides is 3. The summed E-state index contributed by atoms with van der Waals surface area (Å²) < 4.78 is 42.6. The zero-order chi connectivity index (χ0) is 21.2. The van der Waals surface area contributed by atoms with Gasteiger partial charge in [-0.05, 0) is 58.0 Å². The zero-order valence-electron chi connectivity index (χ0n) is 16.2. The highest BCUT2D eigenvalue weighted by atomic mass is 19.4. The maximum Gasteiger partial charge on any atom is 0.420 e. The largest absolute Gasteiger partial charge is 0.420 e. The number of nitrogens with zero attached hydrogens (tertiary/aromatic N) is 1. The maximum absolute atomic E-state index is 14.2. The van der Waals surface area contributed by atoms with E-state index >= 15 is 0 Å². The summed E-state index contributed by atoms with van der Waals surface area (Å²) >= 11 is 0. The van der Waals surface area contributed by atoms with Crippen LogP contribution in [0.25, 0.3) is 44.1 Å². The number of aromatic nitrogens is 1. The normalized spacial score (nSPS) is 15.2. The number of rotatable bonds is 1. The molecule has 0 spiro atoms. The molecule has 1 aromatic heterocycles. The summed E-state index contributed by atoms with van der Waals surface area (Å²) in [5.74, 6) is 0. The van der Waals surface area contributed by atoms with Crippen molar-refractivity contribution in [2.24, 2.45) is 4.99 Å². The molecular formula is C26H15F3N2. The molecule has 0 atom stereocenters. The van der Waals surface area contributed by atoms with Gasteiger partial charge in [0, 0.05) is 16.1 Å². The van der Waals surface area contributed by atoms with Gasteiger partial charge in [0.25, 0.3) is 0 Å². The Morgan fingerprint density at radius 3 is 2.00 bits per heavy atom. The molecule has 0 saturated heterocycles. The lowest BCUT2D eigenvalue weighted by atomic mass is 10.1. The number of allylic oxidation sites excluding steroid dienone is 2. The van der Waals surface area contributed by atoms with Gasteiger partial charge in [-0.1, -0.05) is 48.5 Å². The van der Waals surface area contributed by atoms with Gasteiger partial charge in [0.2, 0.25) is 0 Å². The van der Waals surface area contributed by atoms with Crippen molar-refractivity contribution in [2.45, 2.75) is 6.18 Å². The average molecular weight is 412 g/mol. The van der Waals surface area contributed by atoms with Crippen molar-refractivity contribution >= 4 is 44.1 Å². The summed E-state index contributed by atoms with van der Waals surface area (Å²) in [6.07, 6.45) is -3.04. The third kappa shape index (κ3) is 2.93. The molecule has 0 amide bonds. The lowest BCUT2D eigenvalue weighted by Crippen LogP contribution is -2.20. The summed E-state index contributed by atoms with van der Waals surface area (Å²) in [7, 11) is 0. The lowest BCUT2D eigenvalue weighted by molar-refractivity contribution is -0.0694.